The van der Waals surface area contributed by atoms with Gasteiger partial charge in [-0.2, -0.15) is 4.98 Å². The van der Waals surface area contributed by atoms with Gasteiger partial charge in [0.25, 0.3) is 0 Å². The fourth-order valence-corrected chi connectivity index (χ4v) is 0.987. The Morgan fingerprint density at radius 1 is 1.67 bits per heavy atom. The summed E-state index contributed by atoms with van der Waals surface area (Å²) in [6.45, 7) is 0. The Morgan fingerprint density at radius 3 is 3.00 bits per heavy atom. The second-order valence-corrected chi connectivity index (χ2v) is 2.95. The van der Waals surface area contributed by atoms with Gasteiger partial charge in [-0.1, -0.05) is 0 Å². The van der Waals surface area contributed by atoms with Crippen LogP contribution in [0.2, 0.25) is 0 Å². The molecule has 0 atom stereocenters. The van der Waals surface area contributed by atoms with Gasteiger partial charge < -0.3 is 11.1 Å². The van der Waals surface area contributed by atoms with E-state index in [1.54, 1.807) is 6.07 Å². The first kappa shape index (κ1) is 7.15. The first-order valence-corrected chi connectivity index (χ1v) is 3.87. The van der Waals surface area contributed by atoms with Crippen molar-refractivity contribution >= 4 is 11.6 Å². The highest BCUT2D eigenvalue weighted by Crippen LogP contribution is 2.23. The molecule has 1 saturated carbocycles. The van der Waals surface area contributed by atoms with Crippen molar-refractivity contribution < 1.29 is 0 Å². The maximum atomic E-state index is 10.8. The van der Waals surface area contributed by atoms with Crippen molar-refractivity contribution in [3.8, 4) is 0 Å². The largest absolute Gasteiger partial charge is 0.385 e. The monoisotopic (exact) mass is 166 g/mol. The molecule has 1 aromatic heterocycles. The lowest BCUT2D eigenvalue weighted by Gasteiger charge is -2.01. The molecular formula is C7H10N4O. The third kappa shape index (κ3) is 1.55. The number of aromatic amines is 1. The zero-order valence-electron chi connectivity index (χ0n) is 6.50. The van der Waals surface area contributed by atoms with Gasteiger partial charge in [0, 0.05) is 12.1 Å². The number of rotatable bonds is 2. The van der Waals surface area contributed by atoms with E-state index < -0.39 is 5.69 Å². The molecule has 12 heavy (non-hydrogen) atoms. The Bertz CT molecular complexity index is 342. The van der Waals surface area contributed by atoms with Gasteiger partial charge in [0.05, 0.1) is 0 Å². The minimum atomic E-state index is -0.404. The molecule has 2 rings (SSSR count). The van der Waals surface area contributed by atoms with Gasteiger partial charge in [-0.3, -0.25) is 4.98 Å². The number of aromatic nitrogens is 2. The van der Waals surface area contributed by atoms with Crippen molar-refractivity contribution in [2.24, 2.45) is 0 Å². The molecule has 1 fully saturated rings. The van der Waals surface area contributed by atoms with E-state index in [2.05, 4.69) is 15.3 Å². The quantitative estimate of drug-likeness (QED) is 0.574. The lowest BCUT2D eigenvalue weighted by molar-refractivity contribution is 1.04. The Balaban J connectivity index is 2.23. The number of hydrogen-bond acceptors (Lipinski definition) is 4. The van der Waals surface area contributed by atoms with Crippen molar-refractivity contribution in [1.82, 2.24) is 9.97 Å². The van der Waals surface area contributed by atoms with E-state index in [9.17, 15) is 4.79 Å². The Kier molecular flexibility index (Phi) is 1.49. The van der Waals surface area contributed by atoms with Crippen molar-refractivity contribution in [1.29, 1.82) is 0 Å². The fraction of sp³-hybridized carbons (Fsp3) is 0.429. The van der Waals surface area contributed by atoms with Crippen molar-refractivity contribution in [2.45, 2.75) is 18.9 Å². The molecule has 1 aliphatic rings. The predicted octanol–water partition coefficient (Wildman–Crippen LogP) is -0.0736. The van der Waals surface area contributed by atoms with Crippen LogP contribution in [0.3, 0.4) is 0 Å². The van der Waals surface area contributed by atoms with Crippen molar-refractivity contribution in [2.75, 3.05) is 11.1 Å². The zero-order chi connectivity index (χ0) is 8.55. The first-order valence-electron chi connectivity index (χ1n) is 3.87. The molecule has 0 spiro atoms. The Hall–Kier alpha value is -1.52. The van der Waals surface area contributed by atoms with Crippen LogP contribution in [0.5, 0.6) is 0 Å². The van der Waals surface area contributed by atoms with Crippen LogP contribution in [0.25, 0.3) is 0 Å². The van der Waals surface area contributed by atoms with Crippen LogP contribution in [0.4, 0.5) is 11.6 Å². The third-order valence-corrected chi connectivity index (χ3v) is 1.69. The van der Waals surface area contributed by atoms with Gasteiger partial charge in [-0.15, -0.1) is 0 Å². The van der Waals surface area contributed by atoms with Crippen LogP contribution in [-0.4, -0.2) is 16.0 Å². The Labute approximate surface area is 69.0 Å². The van der Waals surface area contributed by atoms with E-state index in [4.69, 9.17) is 5.73 Å². The lowest BCUT2D eigenvalue weighted by atomic mass is 10.5. The highest BCUT2D eigenvalue weighted by atomic mass is 16.1. The third-order valence-electron chi connectivity index (χ3n) is 1.69. The highest BCUT2D eigenvalue weighted by Gasteiger charge is 2.21. The lowest BCUT2D eigenvalue weighted by Crippen LogP contribution is -2.16. The predicted molar refractivity (Wildman–Crippen MR) is 45.9 cm³/mol. The number of H-pyrrole nitrogens is 1. The highest BCUT2D eigenvalue weighted by molar-refractivity contribution is 5.44. The number of nitrogens with one attached hydrogen (secondary N) is 2. The molecule has 64 valence electrons. The number of nitrogens with two attached hydrogens (primary N) is 1. The van der Waals surface area contributed by atoms with Crippen LogP contribution in [-0.2, 0) is 0 Å². The normalized spacial score (nSPS) is 16.0. The summed E-state index contributed by atoms with van der Waals surface area (Å²) in [6, 6.07) is 2.11. The maximum Gasteiger partial charge on any atom is 0.348 e. The summed E-state index contributed by atoms with van der Waals surface area (Å²) in [5.41, 5.74) is 5.02. The molecule has 1 heterocycles. The van der Waals surface area contributed by atoms with E-state index in [0.717, 1.165) is 12.8 Å². The molecule has 0 bridgehead atoms. The molecule has 4 N–H and O–H groups in total. The molecule has 1 aromatic rings. The molecule has 1 aliphatic carbocycles. The maximum absolute atomic E-state index is 10.8. The van der Waals surface area contributed by atoms with Gasteiger partial charge in [0.15, 0.2) is 0 Å². The molecule has 5 nitrogen and oxygen atoms in total. The average Bonchev–Trinajstić information content (AvgIpc) is 2.68. The second-order valence-electron chi connectivity index (χ2n) is 2.95. The summed E-state index contributed by atoms with van der Waals surface area (Å²) in [5.74, 6) is 0.914. The van der Waals surface area contributed by atoms with Gasteiger partial charge in [0.2, 0.25) is 0 Å². The van der Waals surface area contributed by atoms with Gasteiger partial charge in [-0.25, -0.2) is 4.79 Å². The minimum absolute atomic E-state index is 0.346. The first-order chi connectivity index (χ1) is 5.74. The molecule has 0 aromatic carbocycles. The van der Waals surface area contributed by atoms with Crippen LogP contribution < -0.4 is 16.7 Å². The van der Waals surface area contributed by atoms with Gasteiger partial charge in [0.1, 0.15) is 11.6 Å². The summed E-state index contributed by atoms with van der Waals surface area (Å²) in [4.78, 5) is 16.9. The van der Waals surface area contributed by atoms with E-state index in [0.29, 0.717) is 17.7 Å². The van der Waals surface area contributed by atoms with Crippen molar-refractivity contribution in [3.63, 3.8) is 0 Å². The van der Waals surface area contributed by atoms with Gasteiger partial charge in [-0.05, 0) is 12.8 Å². The molecule has 0 radical (unpaired) electrons. The minimum Gasteiger partial charge on any atom is -0.385 e. The van der Waals surface area contributed by atoms with Crippen molar-refractivity contribution in [3.05, 3.63) is 16.6 Å². The topological polar surface area (TPSA) is 83.8 Å². The smallest absolute Gasteiger partial charge is 0.348 e. The van der Waals surface area contributed by atoms with E-state index in [1.165, 1.54) is 0 Å². The number of hydrogen-bond donors (Lipinski definition) is 3. The molecule has 0 aliphatic heterocycles. The molecule has 5 heteroatoms. The molecule has 0 amide bonds. The molecule has 0 unspecified atom stereocenters. The van der Waals surface area contributed by atoms with Crippen LogP contribution in [0.15, 0.2) is 10.9 Å². The summed E-state index contributed by atoms with van der Waals surface area (Å²) < 4.78 is 0. The van der Waals surface area contributed by atoms with E-state index in [-0.39, 0.29) is 0 Å². The summed E-state index contributed by atoms with van der Waals surface area (Å²) in [7, 11) is 0. The number of nitrogens with zero attached hydrogens (tertiary/aromatic N) is 1. The van der Waals surface area contributed by atoms with Crippen LogP contribution in [0.1, 0.15) is 12.8 Å². The fourth-order valence-electron chi connectivity index (χ4n) is 0.987. The average molecular weight is 166 g/mol. The van der Waals surface area contributed by atoms with E-state index in [1.807, 2.05) is 0 Å². The second kappa shape index (κ2) is 2.51. The zero-order valence-corrected chi connectivity index (χ0v) is 6.50. The molecular weight excluding hydrogens is 156 g/mol. The van der Waals surface area contributed by atoms with Crippen LogP contribution >= 0.6 is 0 Å². The number of anilines is 2. The number of nitrogen functional groups attached to an aromatic ring is 1. The molecule has 0 saturated heterocycles. The van der Waals surface area contributed by atoms with Gasteiger partial charge >= 0.3 is 5.69 Å². The standard InChI is InChI=1S/C7H10N4O/c8-5-3-6(9-4-1-2-4)11-7(12)10-5/h3-4H,1-2H2,(H4,8,9,10,11,12). The SMILES string of the molecule is Nc1cc(NC2CC2)nc(=O)[nH]1. The Morgan fingerprint density at radius 2 is 2.42 bits per heavy atom. The van der Waals surface area contributed by atoms with E-state index >= 15 is 0 Å². The summed E-state index contributed by atoms with van der Waals surface area (Å²) >= 11 is 0. The van der Waals surface area contributed by atoms with Crippen LogP contribution in [0, 0.1) is 0 Å². The summed E-state index contributed by atoms with van der Waals surface area (Å²) in [6.07, 6.45) is 2.29. The summed E-state index contributed by atoms with van der Waals surface area (Å²) in [5, 5.41) is 3.09.